The fourth-order valence-corrected chi connectivity index (χ4v) is 3.68. The summed E-state index contributed by atoms with van der Waals surface area (Å²) in [4.78, 5) is 14.8. The molecule has 4 rings (SSSR count). The Morgan fingerprint density at radius 1 is 1.32 bits per heavy atom. The van der Waals surface area contributed by atoms with Gasteiger partial charge in [-0.05, 0) is 29.3 Å². The summed E-state index contributed by atoms with van der Waals surface area (Å²) in [6.07, 6.45) is 0.618. The molecule has 0 bridgehead atoms. The van der Waals surface area contributed by atoms with Crippen LogP contribution in [0.15, 0.2) is 34.8 Å². The molecule has 1 heterocycles. The third kappa shape index (κ3) is 1.72. The van der Waals surface area contributed by atoms with Crippen molar-refractivity contribution in [3.63, 3.8) is 0 Å². The summed E-state index contributed by atoms with van der Waals surface area (Å²) in [5.41, 5.74) is 5.27. The number of methoxy groups -OCH3 is 1. The van der Waals surface area contributed by atoms with E-state index in [1.165, 1.54) is 0 Å². The first-order chi connectivity index (χ1) is 10.6. The van der Waals surface area contributed by atoms with Crippen molar-refractivity contribution in [2.24, 2.45) is 0 Å². The molecule has 2 N–H and O–H groups in total. The van der Waals surface area contributed by atoms with E-state index in [0.29, 0.717) is 12.0 Å². The Morgan fingerprint density at radius 3 is 2.86 bits per heavy atom. The predicted molar refractivity (Wildman–Crippen MR) is 87.8 cm³/mol. The first-order valence-electron chi connectivity index (χ1n) is 6.83. The molecule has 3 aromatic rings. The Hall–Kier alpha value is -2.27. The van der Waals surface area contributed by atoms with E-state index in [1.54, 1.807) is 19.2 Å². The topological polar surface area (TPSA) is 62.3 Å². The Kier molecular flexibility index (Phi) is 2.81. The molecule has 1 aliphatic rings. The molecule has 2 aromatic carbocycles. The molecule has 22 heavy (non-hydrogen) atoms. The summed E-state index contributed by atoms with van der Waals surface area (Å²) in [6, 6.07) is 9.37. The zero-order valence-corrected chi connectivity index (χ0v) is 13.3. The van der Waals surface area contributed by atoms with Crippen molar-refractivity contribution in [3.05, 3.63) is 51.5 Å². The summed E-state index contributed by atoms with van der Waals surface area (Å²) in [7, 11) is 1.64. The molecule has 5 heteroatoms. The van der Waals surface area contributed by atoms with Gasteiger partial charge in [0.05, 0.1) is 23.9 Å². The van der Waals surface area contributed by atoms with Gasteiger partial charge in [-0.15, -0.1) is 0 Å². The zero-order valence-electron chi connectivity index (χ0n) is 11.7. The van der Waals surface area contributed by atoms with Gasteiger partial charge in [0.1, 0.15) is 5.75 Å². The van der Waals surface area contributed by atoms with Crippen LogP contribution in [-0.4, -0.2) is 23.2 Å². The summed E-state index contributed by atoms with van der Waals surface area (Å²) in [6.45, 7) is 0. The molecule has 0 atom stereocenters. The number of aromatic nitrogens is 1. The quantitative estimate of drug-likeness (QED) is 0.564. The molecule has 0 saturated heterocycles. The SMILES string of the molecule is COc1cc(Br)cc2c3c([nH]c12)-c1cccc(C(=O)O)c1C3. The van der Waals surface area contributed by atoms with Gasteiger partial charge in [-0.1, -0.05) is 28.1 Å². The maximum Gasteiger partial charge on any atom is 0.335 e. The van der Waals surface area contributed by atoms with Gasteiger partial charge in [0.25, 0.3) is 0 Å². The number of fused-ring (bicyclic) bond motifs is 5. The molecule has 0 unspecified atom stereocenters. The van der Waals surface area contributed by atoms with Crippen LogP contribution in [-0.2, 0) is 6.42 Å². The van der Waals surface area contributed by atoms with Gasteiger partial charge >= 0.3 is 5.97 Å². The number of aromatic carboxylic acids is 1. The Labute approximate surface area is 134 Å². The molecule has 1 aromatic heterocycles. The van der Waals surface area contributed by atoms with Crippen molar-refractivity contribution >= 4 is 32.8 Å². The van der Waals surface area contributed by atoms with Crippen molar-refractivity contribution in [3.8, 4) is 17.0 Å². The number of hydrogen-bond acceptors (Lipinski definition) is 2. The van der Waals surface area contributed by atoms with Crippen LogP contribution in [0.2, 0.25) is 0 Å². The number of H-pyrrole nitrogens is 1. The van der Waals surface area contributed by atoms with E-state index in [9.17, 15) is 9.90 Å². The second kappa shape index (κ2) is 4.61. The second-order valence-electron chi connectivity index (χ2n) is 5.32. The van der Waals surface area contributed by atoms with Crippen molar-refractivity contribution < 1.29 is 14.6 Å². The van der Waals surface area contributed by atoms with E-state index < -0.39 is 5.97 Å². The van der Waals surface area contributed by atoms with E-state index in [1.807, 2.05) is 18.2 Å². The van der Waals surface area contributed by atoms with E-state index in [-0.39, 0.29) is 0 Å². The minimum atomic E-state index is -0.884. The van der Waals surface area contributed by atoms with Crippen LogP contribution in [0.4, 0.5) is 0 Å². The zero-order chi connectivity index (χ0) is 15.4. The molecule has 0 radical (unpaired) electrons. The average Bonchev–Trinajstić information content (AvgIpc) is 3.02. The van der Waals surface area contributed by atoms with Crippen molar-refractivity contribution in [2.75, 3.05) is 7.11 Å². The standard InChI is InChI=1S/C17H12BrNO3/c1-22-14-6-8(18)5-12-13-7-11-9(15(13)19-16(12)14)3-2-4-10(11)17(20)21/h2-6,19H,7H2,1H3,(H,20,21). The largest absolute Gasteiger partial charge is 0.495 e. The van der Waals surface area contributed by atoms with Gasteiger partial charge in [0.2, 0.25) is 0 Å². The molecule has 4 nitrogen and oxygen atoms in total. The van der Waals surface area contributed by atoms with Crippen LogP contribution in [0, 0.1) is 0 Å². The molecule has 0 spiro atoms. The number of aromatic amines is 1. The van der Waals surface area contributed by atoms with Gasteiger partial charge in [-0.25, -0.2) is 4.79 Å². The molecule has 0 saturated carbocycles. The molecule has 0 fully saturated rings. The fourth-order valence-electron chi connectivity index (χ4n) is 3.25. The van der Waals surface area contributed by atoms with E-state index in [4.69, 9.17) is 4.74 Å². The summed E-state index contributed by atoms with van der Waals surface area (Å²) >= 11 is 3.50. The van der Waals surface area contributed by atoms with Crippen molar-refractivity contribution in [2.45, 2.75) is 6.42 Å². The monoisotopic (exact) mass is 357 g/mol. The lowest BCUT2D eigenvalue weighted by Gasteiger charge is -2.06. The van der Waals surface area contributed by atoms with Crippen molar-refractivity contribution in [1.82, 2.24) is 4.98 Å². The third-order valence-electron chi connectivity index (χ3n) is 4.19. The summed E-state index contributed by atoms with van der Waals surface area (Å²) in [5.74, 6) is -0.111. The lowest BCUT2D eigenvalue weighted by molar-refractivity contribution is 0.0696. The van der Waals surface area contributed by atoms with E-state index in [0.717, 1.165) is 43.5 Å². The molecular weight excluding hydrogens is 346 g/mol. The maximum atomic E-state index is 11.4. The summed E-state index contributed by atoms with van der Waals surface area (Å²) < 4.78 is 6.38. The molecular formula is C17H12BrNO3. The van der Waals surface area contributed by atoms with Crippen LogP contribution in [0.25, 0.3) is 22.2 Å². The number of halogens is 1. The number of carbonyl (C=O) groups is 1. The minimum absolute atomic E-state index is 0.372. The molecule has 0 aliphatic heterocycles. The Bertz CT molecular complexity index is 943. The van der Waals surface area contributed by atoms with E-state index >= 15 is 0 Å². The number of hydrogen-bond donors (Lipinski definition) is 2. The number of nitrogens with one attached hydrogen (secondary N) is 1. The van der Waals surface area contributed by atoms with Crippen LogP contribution >= 0.6 is 15.9 Å². The maximum absolute atomic E-state index is 11.4. The van der Waals surface area contributed by atoms with Gasteiger partial charge < -0.3 is 14.8 Å². The van der Waals surface area contributed by atoms with Gasteiger partial charge in [-0.3, -0.25) is 0 Å². The van der Waals surface area contributed by atoms with Crippen molar-refractivity contribution in [1.29, 1.82) is 0 Å². The summed E-state index contributed by atoms with van der Waals surface area (Å²) in [5, 5.41) is 10.4. The number of benzene rings is 2. The van der Waals surface area contributed by atoms with Gasteiger partial charge in [0, 0.05) is 21.8 Å². The van der Waals surface area contributed by atoms with E-state index in [2.05, 4.69) is 20.9 Å². The second-order valence-corrected chi connectivity index (χ2v) is 6.24. The number of carboxylic acid groups (broad SMARTS) is 1. The normalized spacial score (nSPS) is 12.3. The number of rotatable bonds is 2. The number of carboxylic acids is 1. The first-order valence-corrected chi connectivity index (χ1v) is 7.63. The highest BCUT2D eigenvalue weighted by molar-refractivity contribution is 9.10. The predicted octanol–water partition coefficient (Wildman–Crippen LogP) is 4.21. The van der Waals surface area contributed by atoms with Crippen LogP contribution in [0.1, 0.15) is 21.5 Å². The molecule has 110 valence electrons. The fraction of sp³-hybridized carbons (Fsp3) is 0.118. The third-order valence-corrected chi connectivity index (χ3v) is 4.65. The van der Waals surface area contributed by atoms with Crippen LogP contribution in [0.3, 0.4) is 0 Å². The lowest BCUT2D eigenvalue weighted by Crippen LogP contribution is -2.01. The molecule has 1 aliphatic carbocycles. The minimum Gasteiger partial charge on any atom is -0.495 e. The highest BCUT2D eigenvalue weighted by atomic mass is 79.9. The highest BCUT2D eigenvalue weighted by Crippen LogP contribution is 2.44. The van der Waals surface area contributed by atoms with Crippen LogP contribution in [0.5, 0.6) is 5.75 Å². The van der Waals surface area contributed by atoms with Gasteiger partial charge in [0.15, 0.2) is 0 Å². The Balaban J connectivity index is 2.03. The Morgan fingerprint density at radius 2 is 2.14 bits per heavy atom. The lowest BCUT2D eigenvalue weighted by atomic mass is 10.0. The molecule has 0 amide bonds. The highest BCUT2D eigenvalue weighted by Gasteiger charge is 2.28. The smallest absolute Gasteiger partial charge is 0.335 e. The first kappa shape index (κ1) is 13.4. The number of ether oxygens (including phenoxy) is 1. The van der Waals surface area contributed by atoms with Gasteiger partial charge in [-0.2, -0.15) is 0 Å². The van der Waals surface area contributed by atoms with Crippen LogP contribution < -0.4 is 4.74 Å². The average molecular weight is 358 g/mol.